The largest absolute Gasteiger partial charge is 0.481 e. The summed E-state index contributed by atoms with van der Waals surface area (Å²) >= 11 is 0. The molecule has 1 rings (SSSR count). The van der Waals surface area contributed by atoms with Crippen molar-refractivity contribution in [1.82, 2.24) is 9.97 Å². The van der Waals surface area contributed by atoms with Gasteiger partial charge in [-0.3, -0.25) is 4.79 Å². The molecule has 0 saturated heterocycles. The summed E-state index contributed by atoms with van der Waals surface area (Å²) in [6.07, 6.45) is 2.92. The maximum absolute atomic E-state index is 10.3. The topological polar surface area (TPSA) is 63.1 Å². The van der Waals surface area contributed by atoms with E-state index < -0.39 is 5.97 Å². The van der Waals surface area contributed by atoms with Crippen molar-refractivity contribution in [2.45, 2.75) is 13.3 Å². The second-order valence-electron chi connectivity index (χ2n) is 2.20. The fourth-order valence-corrected chi connectivity index (χ4v) is 0.756. The van der Waals surface area contributed by atoms with Crippen LogP contribution in [-0.4, -0.2) is 21.0 Å². The summed E-state index contributed by atoms with van der Waals surface area (Å²) in [5.74, 6) is -0.858. The number of nitrogens with zero attached hydrogens (tertiary/aromatic N) is 2. The summed E-state index contributed by atoms with van der Waals surface area (Å²) < 4.78 is 0. The molecular formula is C7H8N2O2. The van der Waals surface area contributed by atoms with E-state index in [1.54, 1.807) is 6.92 Å². The molecule has 0 unspecified atom stereocenters. The van der Waals surface area contributed by atoms with Crippen LogP contribution in [0.15, 0.2) is 12.5 Å². The van der Waals surface area contributed by atoms with Crippen LogP contribution in [0.1, 0.15) is 11.3 Å². The maximum atomic E-state index is 10.3. The minimum absolute atomic E-state index is 0.00727. The van der Waals surface area contributed by atoms with Crippen molar-refractivity contribution in [2.24, 2.45) is 0 Å². The van der Waals surface area contributed by atoms with Crippen LogP contribution in [0.3, 0.4) is 0 Å². The smallest absolute Gasteiger partial charge is 0.307 e. The van der Waals surface area contributed by atoms with Gasteiger partial charge in [0.15, 0.2) is 0 Å². The van der Waals surface area contributed by atoms with Crippen molar-refractivity contribution in [3.8, 4) is 0 Å². The van der Waals surface area contributed by atoms with Crippen LogP contribution in [0.25, 0.3) is 0 Å². The van der Waals surface area contributed by atoms with Gasteiger partial charge >= 0.3 is 5.97 Å². The Labute approximate surface area is 63.9 Å². The Morgan fingerprint density at radius 1 is 1.73 bits per heavy atom. The Morgan fingerprint density at radius 2 is 2.45 bits per heavy atom. The van der Waals surface area contributed by atoms with Crippen LogP contribution < -0.4 is 0 Å². The number of carbonyl (C=O) groups is 1. The zero-order valence-electron chi connectivity index (χ0n) is 6.11. The van der Waals surface area contributed by atoms with E-state index in [1.807, 2.05) is 0 Å². The highest BCUT2D eigenvalue weighted by atomic mass is 16.4. The molecule has 0 spiro atoms. The van der Waals surface area contributed by atoms with E-state index in [0.29, 0.717) is 5.56 Å². The molecule has 58 valence electrons. The second-order valence-corrected chi connectivity index (χ2v) is 2.20. The molecule has 1 heterocycles. The van der Waals surface area contributed by atoms with Gasteiger partial charge in [0, 0.05) is 17.5 Å². The highest BCUT2D eigenvalue weighted by Gasteiger charge is 2.03. The molecule has 0 radical (unpaired) electrons. The van der Waals surface area contributed by atoms with Gasteiger partial charge in [-0.1, -0.05) is 0 Å². The Hall–Kier alpha value is -1.45. The molecule has 1 N–H and O–H groups in total. The van der Waals surface area contributed by atoms with Crippen molar-refractivity contribution in [2.75, 3.05) is 0 Å². The fraction of sp³-hybridized carbons (Fsp3) is 0.286. The number of aromatic nitrogens is 2. The van der Waals surface area contributed by atoms with Gasteiger partial charge in [0.2, 0.25) is 0 Å². The van der Waals surface area contributed by atoms with Gasteiger partial charge in [0.1, 0.15) is 6.33 Å². The zero-order chi connectivity index (χ0) is 8.27. The van der Waals surface area contributed by atoms with Gasteiger partial charge in [-0.2, -0.15) is 0 Å². The highest BCUT2D eigenvalue weighted by molar-refractivity contribution is 5.70. The number of carboxylic acid groups (broad SMARTS) is 1. The molecular weight excluding hydrogens is 144 g/mol. The Bertz CT molecular complexity index is 273. The van der Waals surface area contributed by atoms with Crippen molar-refractivity contribution < 1.29 is 9.90 Å². The molecule has 0 fully saturated rings. The number of hydrogen-bond donors (Lipinski definition) is 1. The molecule has 0 aromatic carbocycles. The molecule has 4 heteroatoms. The minimum Gasteiger partial charge on any atom is -0.481 e. The van der Waals surface area contributed by atoms with Crippen LogP contribution in [0, 0.1) is 6.92 Å². The van der Waals surface area contributed by atoms with Gasteiger partial charge in [0.05, 0.1) is 6.42 Å². The lowest BCUT2D eigenvalue weighted by Gasteiger charge is -1.97. The summed E-state index contributed by atoms with van der Waals surface area (Å²) in [5.41, 5.74) is 1.39. The Morgan fingerprint density at radius 3 is 3.00 bits per heavy atom. The van der Waals surface area contributed by atoms with E-state index in [1.165, 1.54) is 12.5 Å². The zero-order valence-corrected chi connectivity index (χ0v) is 6.11. The standard InChI is InChI=1S/C7H8N2O2/c1-5-6(2-7(10)11)3-8-4-9-5/h3-4H,2H2,1H3,(H,10,11). The van der Waals surface area contributed by atoms with Crippen LogP contribution >= 0.6 is 0 Å². The molecule has 0 bridgehead atoms. The molecule has 11 heavy (non-hydrogen) atoms. The third kappa shape index (κ3) is 2.00. The van der Waals surface area contributed by atoms with Crippen LogP contribution in [0.2, 0.25) is 0 Å². The molecule has 1 aromatic rings. The van der Waals surface area contributed by atoms with Gasteiger partial charge < -0.3 is 5.11 Å². The SMILES string of the molecule is Cc1ncncc1CC(=O)O. The van der Waals surface area contributed by atoms with Crippen LogP contribution in [0.4, 0.5) is 0 Å². The predicted octanol–water partition coefficient (Wildman–Crippen LogP) is 0.412. The highest BCUT2D eigenvalue weighted by Crippen LogP contribution is 2.01. The first-order valence-electron chi connectivity index (χ1n) is 3.17. The monoisotopic (exact) mass is 152 g/mol. The van der Waals surface area contributed by atoms with E-state index >= 15 is 0 Å². The molecule has 4 nitrogen and oxygen atoms in total. The first kappa shape index (κ1) is 7.65. The summed E-state index contributed by atoms with van der Waals surface area (Å²) in [6.45, 7) is 1.76. The third-order valence-corrected chi connectivity index (χ3v) is 1.35. The molecule has 0 aliphatic heterocycles. The minimum atomic E-state index is -0.858. The van der Waals surface area contributed by atoms with Crippen molar-refractivity contribution in [1.29, 1.82) is 0 Å². The number of hydrogen-bond acceptors (Lipinski definition) is 3. The van der Waals surface area contributed by atoms with E-state index in [9.17, 15) is 4.79 Å². The van der Waals surface area contributed by atoms with Crippen LogP contribution in [0.5, 0.6) is 0 Å². The van der Waals surface area contributed by atoms with Crippen molar-refractivity contribution in [3.63, 3.8) is 0 Å². The van der Waals surface area contributed by atoms with E-state index in [0.717, 1.165) is 5.69 Å². The lowest BCUT2D eigenvalue weighted by Crippen LogP contribution is -2.03. The third-order valence-electron chi connectivity index (χ3n) is 1.35. The Kier molecular flexibility index (Phi) is 2.15. The Balaban J connectivity index is 2.86. The molecule has 1 aromatic heterocycles. The molecule has 0 atom stereocenters. The number of aryl methyl sites for hydroxylation is 1. The first-order valence-corrected chi connectivity index (χ1v) is 3.17. The number of rotatable bonds is 2. The van der Waals surface area contributed by atoms with E-state index in [2.05, 4.69) is 9.97 Å². The average molecular weight is 152 g/mol. The normalized spacial score (nSPS) is 9.55. The molecule has 0 saturated carbocycles. The van der Waals surface area contributed by atoms with E-state index in [4.69, 9.17) is 5.11 Å². The maximum Gasteiger partial charge on any atom is 0.307 e. The molecule has 0 aliphatic rings. The predicted molar refractivity (Wildman–Crippen MR) is 38.1 cm³/mol. The van der Waals surface area contributed by atoms with Crippen molar-refractivity contribution >= 4 is 5.97 Å². The van der Waals surface area contributed by atoms with Crippen molar-refractivity contribution in [3.05, 3.63) is 23.8 Å². The van der Waals surface area contributed by atoms with Gasteiger partial charge in [0.25, 0.3) is 0 Å². The first-order chi connectivity index (χ1) is 5.20. The summed E-state index contributed by atoms with van der Waals surface area (Å²) in [7, 11) is 0. The van der Waals surface area contributed by atoms with Crippen LogP contribution in [-0.2, 0) is 11.2 Å². The average Bonchev–Trinajstić information content (AvgIpc) is 1.93. The number of aliphatic carboxylic acids is 1. The lowest BCUT2D eigenvalue weighted by atomic mass is 10.2. The van der Waals surface area contributed by atoms with Gasteiger partial charge in [-0.05, 0) is 6.92 Å². The van der Waals surface area contributed by atoms with Gasteiger partial charge in [-0.25, -0.2) is 9.97 Å². The summed E-state index contributed by atoms with van der Waals surface area (Å²) in [6, 6.07) is 0. The lowest BCUT2D eigenvalue weighted by molar-refractivity contribution is -0.136. The van der Waals surface area contributed by atoms with Gasteiger partial charge in [-0.15, -0.1) is 0 Å². The fourth-order valence-electron chi connectivity index (χ4n) is 0.756. The number of carboxylic acids is 1. The quantitative estimate of drug-likeness (QED) is 0.666. The molecule has 0 aliphatic carbocycles. The summed E-state index contributed by atoms with van der Waals surface area (Å²) in [5, 5.41) is 8.44. The second kappa shape index (κ2) is 3.09. The molecule has 0 amide bonds. The summed E-state index contributed by atoms with van der Waals surface area (Å²) in [4.78, 5) is 17.8. The van der Waals surface area contributed by atoms with E-state index in [-0.39, 0.29) is 6.42 Å².